The molecule has 0 heterocycles. The number of rotatable bonds is 5. The van der Waals surface area contributed by atoms with Crippen molar-refractivity contribution in [1.82, 2.24) is 5.32 Å². The zero-order valence-corrected chi connectivity index (χ0v) is 14.0. The fraction of sp³-hybridized carbons (Fsp3) is 0.500. The third kappa shape index (κ3) is 6.21. The van der Waals surface area contributed by atoms with Gasteiger partial charge in [-0.25, -0.2) is 4.79 Å². The average molecular weight is 309 g/mol. The summed E-state index contributed by atoms with van der Waals surface area (Å²) in [4.78, 5) is 23.5. The van der Waals surface area contributed by atoms with Gasteiger partial charge in [0.1, 0.15) is 0 Å². The van der Waals surface area contributed by atoms with E-state index in [1.54, 1.807) is 23.9 Å². The van der Waals surface area contributed by atoms with Crippen LogP contribution in [0.4, 0.5) is 0 Å². The van der Waals surface area contributed by atoms with E-state index in [2.05, 4.69) is 5.32 Å². The third-order valence-electron chi connectivity index (χ3n) is 2.72. The number of ether oxygens (including phenoxy) is 1. The van der Waals surface area contributed by atoms with Crippen LogP contribution in [0.3, 0.4) is 0 Å². The highest BCUT2D eigenvalue weighted by Gasteiger charge is 2.19. The van der Waals surface area contributed by atoms with Gasteiger partial charge in [-0.15, -0.1) is 11.8 Å². The van der Waals surface area contributed by atoms with Crippen LogP contribution in [-0.4, -0.2) is 29.8 Å². The Labute approximate surface area is 130 Å². The van der Waals surface area contributed by atoms with Gasteiger partial charge in [0.2, 0.25) is 5.91 Å². The standard InChI is InChI=1S/C16H23NO3S/c1-11(14(18)17-16(2,3)4)21-10-12-7-6-8-13(9-12)15(19)20-5/h6-9,11H,10H2,1-5H3,(H,17,18)/t11-/m1/s1. The van der Waals surface area contributed by atoms with Gasteiger partial charge in [-0.2, -0.15) is 0 Å². The van der Waals surface area contributed by atoms with Gasteiger partial charge in [-0.05, 0) is 45.4 Å². The number of esters is 1. The Morgan fingerprint density at radius 3 is 2.57 bits per heavy atom. The molecule has 4 nitrogen and oxygen atoms in total. The van der Waals surface area contributed by atoms with Crippen LogP contribution < -0.4 is 5.32 Å². The monoisotopic (exact) mass is 309 g/mol. The van der Waals surface area contributed by atoms with Gasteiger partial charge < -0.3 is 10.1 Å². The van der Waals surface area contributed by atoms with Crippen molar-refractivity contribution in [2.45, 2.75) is 44.2 Å². The molecule has 1 aromatic carbocycles. The molecule has 0 aliphatic rings. The first kappa shape index (κ1) is 17.6. The summed E-state index contributed by atoms with van der Waals surface area (Å²) in [5.74, 6) is 0.348. The van der Waals surface area contributed by atoms with Crippen LogP contribution in [0.2, 0.25) is 0 Å². The fourth-order valence-corrected chi connectivity index (χ4v) is 2.51. The summed E-state index contributed by atoms with van der Waals surface area (Å²) in [6.45, 7) is 7.77. The van der Waals surface area contributed by atoms with Crippen molar-refractivity contribution < 1.29 is 14.3 Å². The Balaban J connectivity index is 2.59. The van der Waals surface area contributed by atoms with Gasteiger partial charge in [-0.1, -0.05) is 12.1 Å². The van der Waals surface area contributed by atoms with Crippen LogP contribution in [0.1, 0.15) is 43.6 Å². The summed E-state index contributed by atoms with van der Waals surface area (Å²) >= 11 is 1.54. The molecule has 0 saturated heterocycles. The maximum atomic E-state index is 12.0. The molecule has 0 fully saturated rings. The average Bonchev–Trinajstić information content (AvgIpc) is 2.42. The second-order valence-corrected chi connectivity index (χ2v) is 7.21. The first-order valence-electron chi connectivity index (χ1n) is 6.84. The normalized spacial score (nSPS) is 12.6. The predicted molar refractivity (Wildman–Crippen MR) is 86.4 cm³/mol. The van der Waals surface area contributed by atoms with Crippen LogP contribution in [0.15, 0.2) is 24.3 Å². The molecule has 1 rings (SSSR count). The topological polar surface area (TPSA) is 55.4 Å². The number of thioether (sulfide) groups is 1. The minimum Gasteiger partial charge on any atom is -0.465 e. The lowest BCUT2D eigenvalue weighted by molar-refractivity contribution is -0.121. The Hall–Kier alpha value is -1.49. The molecule has 1 amide bonds. The quantitative estimate of drug-likeness (QED) is 0.850. The van der Waals surface area contributed by atoms with Gasteiger partial charge in [0, 0.05) is 11.3 Å². The predicted octanol–water partition coefficient (Wildman–Crippen LogP) is 3.01. The molecule has 0 aliphatic carbocycles. The van der Waals surface area contributed by atoms with Gasteiger partial charge in [0.05, 0.1) is 17.9 Å². The molecule has 0 bridgehead atoms. The van der Waals surface area contributed by atoms with Crippen molar-refractivity contribution in [2.24, 2.45) is 0 Å². The lowest BCUT2D eigenvalue weighted by Crippen LogP contribution is -2.44. The molecule has 0 radical (unpaired) electrons. The molecule has 5 heteroatoms. The van der Waals surface area contributed by atoms with Gasteiger partial charge >= 0.3 is 5.97 Å². The highest BCUT2D eigenvalue weighted by atomic mass is 32.2. The largest absolute Gasteiger partial charge is 0.465 e. The lowest BCUT2D eigenvalue weighted by atomic mass is 10.1. The maximum absolute atomic E-state index is 12.0. The van der Waals surface area contributed by atoms with Crippen LogP contribution in [0.25, 0.3) is 0 Å². The second kappa shape index (κ2) is 7.50. The Bertz CT molecular complexity index is 508. The number of amides is 1. The van der Waals surface area contributed by atoms with E-state index in [0.29, 0.717) is 11.3 Å². The molecule has 1 N–H and O–H groups in total. The fourth-order valence-electron chi connectivity index (χ4n) is 1.67. The highest BCUT2D eigenvalue weighted by Crippen LogP contribution is 2.19. The first-order chi connectivity index (χ1) is 9.73. The zero-order valence-electron chi connectivity index (χ0n) is 13.2. The Morgan fingerprint density at radius 1 is 1.33 bits per heavy atom. The maximum Gasteiger partial charge on any atom is 0.337 e. The number of nitrogens with one attached hydrogen (secondary N) is 1. The van der Waals surface area contributed by atoms with Crippen molar-refractivity contribution in [3.05, 3.63) is 35.4 Å². The number of hydrogen-bond acceptors (Lipinski definition) is 4. The van der Waals surface area contributed by atoms with Crippen molar-refractivity contribution in [3.8, 4) is 0 Å². The summed E-state index contributed by atoms with van der Waals surface area (Å²) in [5.41, 5.74) is 1.30. The molecule has 0 aliphatic heterocycles. The molecule has 0 saturated carbocycles. The molecule has 0 aromatic heterocycles. The second-order valence-electron chi connectivity index (χ2n) is 5.88. The van der Waals surface area contributed by atoms with Crippen molar-refractivity contribution >= 4 is 23.6 Å². The summed E-state index contributed by atoms with van der Waals surface area (Å²) in [6, 6.07) is 7.28. The van der Waals surface area contributed by atoms with Crippen LogP contribution >= 0.6 is 11.8 Å². The number of carbonyl (C=O) groups excluding carboxylic acids is 2. The van der Waals surface area contributed by atoms with Crippen molar-refractivity contribution in [2.75, 3.05) is 7.11 Å². The highest BCUT2D eigenvalue weighted by molar-refractivity contribution is 7.99. The minimum atomic E-state index is -0.347. The van der Waals surface area contributed by atoms with Gasteiger partial charge in [-0.3, -0.25) is 4.79 Å². The molecule has 0 unspecified atom stereocenters. The van der Waals surface area contributed by atoms with Gasteiger partial charge in [0.15, 0.2) is 0 Å². The van der Waals surface area contributed by atoms with Crippen LogP contribution in [0, 0.1) is 0 Å². The number of carbonyl (C=O) groups is 2. The molecule has 1 aromatic rings. The van der Waals surface area contributed by atoms with E-state index in [9.17, 15) is 9.59 Å². The molecule has 116 valence electrons. The van der Waals surface area contributed by atoms with E-state index in [1.165, 1.54) is 7.11 Å². The number of hydrogen-bond donors (Lipinski definition) is 1. The molecular formula is C16H23NO3S. The summed E-state index contributed by atoms with van der Waals surface area (Å²) < 4.78 is 4.70. The Morgan fingerprint density at radius 2 is 2.00 bits per heavy atom. The van der Waals surface area contributed by atoms with E-state index >= 15 is 0 Å². The summed E-state index contributed by atoms with van der Waals surface area (Å²) in [6.07, 6.45) is 0. The lowest BCUT2D eigenvalue weighted by Gasteiger charge is -2.23. The van der Waals surface area contributed by atoms with Crippen LogP contribution in [0.5, 0.6) is 0 Å². The third-order valence-corrected chi connectivity index (χ3v) is 3.93. The molecule has 0 spiro atoms. The SMILES string of the molecule is COC(=O)c1cccc(CS[C@H](C)C(=O)NC(C)(C)C)c1. The number of methoxy groups -OCH3 is 1. The summed E-state index contributed by atoms with van der Waals surface area (Å²) in [5, 5.41) is 2.81. The number of benzene rings is 1. The minimum absolute atomic E-state index is 0.0247. The molecular weight excluding hydrogens is 286 g/mol. The zero-order chi connectivity index (χ0) is 16.0. The van der Waals surface area contributed by atoms with Crippen molar-refractivity contribution in [1.29, 1.82) is 0 Å². The molecule has 21 heavy (non-hydrogen) atoms. The van der Waals surface area contributed by atoms with Crippen LogP contribution in [-0.2, 0) is 15.3 Å². The first-order valence-corrected chi connectivity index (χ1v) is 7.88. The summed E-state index contributed by atoms with van der Waals surface area (Å²) in [7, 11) is 1.36. The van der Waals surface area contributed by atoms with Gasteiger partial charge in [0.25, 0.3) is 0 Å². The van der Waals surface area contributed by atoms with E-state index in [0.717, 1.165) is 5.56 Å². The van der Waals surface area contributed by atoms with E-state index in [-0.39, 0.29) is 22.7 Å². The molecule has 1 atom stereocenters. The Kier molecular flexibility index (Phi) is 6.27. The van der Waals surface area contributed by atoms with E-state index in [4.69, 9.17) is 4.74 Å². The smallest absolute Gasteiger partial charge is 0.337 e. The van der Waals surface area contributed by atoms with Crippen molar-refractivity contribution in [3.63, 3.8) is 0 Å². The van der Waals surface area contributed by atoms with E-state index in [1.807, 2.05) is 39.8 Å². The van der Waals surface area contributed by atoms with E-state index < -0.39 is 0 Å².